The fourth-order valence-corrected chi connectivity index (χ4v) is 1.77. The van der Waals surface area contributed by atoms with Gasteiger partial charge in [-0.2, -0.15) is 4.21 Å². The monoisotopic (exact) mass is 279 g/mol. The summed E-state index contributed by atoms with van der Waals surface area (Å²) in [5, 5.41) is 0. The first-order chi connectivity index (χ1) is 8.67. The second-order valence-corrected chi connectivity index (χ2v) is 4.53. The van der Waals surface area contributed by atoms with Crippen molar-refractivity contribution in [2.75, 3.05) is 40.5 Å². The van der Waals surface area contributed by atoms with Crippen molar-refractivity contribution in [3.05, 3.63) is 18.2 Å². The first kappa shape index (κ1) is 15.2. The average Bonchev–Trinajstić information content (AvgIpc) is 2.81. The van der Waals surface area contributed by atoms with Crippen LogP contribution in [0.15, 0.2) is 12.5 Å². The number of halogens is 1. The molecule has 0 saturated heterocycles. The van der Waals surface area contributed by atoms with E-state index in [-0.39, 0.29) is 0 Å². The van der Waals surface area contributed by atoms with E-state index in [4.69, 9.17) is 9.47 Å². The fourth-order valence-electron chi connectivity index (χ4n) is 1.44. The van der Waals surface area contributed by atoms with Crippen molar-refractivity contribution in [2.24, 2.45) is 0 Å². The Morgan fingerprint density at radius 1 is 1.39 bits per heavy atom. The van der Waals surface area contributed by atoms with E-state index < -0.39 is 11.4 Å². The SMILES string of the molecule is COCCN(CCOC)Cc1cn(S(=O)F)cn1. The van der Waals surface area contributed by atoms with Crippen molar-refractivity contribution in [1.29, 1.82) is 0 Å². The first-order valence-corrected chi connectivity index (χ1v) is 6.49. The summed E-state index contributed by atoms with van der Waals surface area (Å²) in [4.78, 5) is 6.07. The lowest BCUT2D eigenvalue weighted by molar-refractivity contribution is 0.109. The summed E-state index contributed by atoms with van der Waals surface area (Å²) < 4.78 is 34.1. The minimum absolute atomic E-state index is 0.539. The zero-order chi connectivity index (χ0) is 13.4. The molecule has 18 heavy (non-hydrogen) atoms. The molecule has 0 bridgehead atoms. The Balaban J connectivity index is 2.54. The number of aromatic nitrogens is 2. The van der Waals surface area contributed by atoms with Crippen molar-refractivity contribution in [3.8, 4) is 0 Å². The van der Waals surface area contributed by atoms with Crippen molar-refractivity contribution in [2.45, 2.75) is 6.54 Å². The molecule has 0 amide bonds. The minimum atomic E-state index is -2.55. The summed E-state index contributed by atoms with van der Waals surface area (Å²) in [6.45, 7) is 3.19. The van der Waals surface area contributed by atoms with E-state index in [1.807, 2.05) is 0 Å². The molecule has 0 aliphatic rings. The summed E-state index contributed by atoms with van der Waals surface area (Å²) in [6, 6.07) is 0. The normalized spacial score (nSPS) is 13.1. The van der Waals surface area contributed by atoms with Gasteiger partial charge in [0.05, 0.1) is 18.9 Å². The minimum Gasteiger partial charge on any atom is -0.383 e. The molecule has 6 nitrogen and oxygen atoms in total. The number of hydrogen-bond donors (Lipinski definition) is 0. The van der Waals surface area contributed by atoms with Crippen molar-refractivity contribution in [3.63, 3.8) is 0 Å². The highest BCUT2D eigenvalue weighted by Crippen LogP contribution is 2.04. The molecule has 8 heteroatoms. The van der Waals surface area contributed by atoms with Gasteiger partial charge in [-0.15, -0.1) is 3.89 Å². The van der Waals surface area contributed by atoms with Gasteiger partial charge in [0, 0.05) is 40.1 Å². The highest BCUT2D eigenvalue weighted by Gasteiger charge is 2.09. The fraction of sp³-hybridized carbons (Fsp3) is 0.700. The lowest BCUT2D eigenvalue weighted by Crippen LogP contribution is -2.30. The predicted octanol–water partition coefficient (Wildman–Crippen LogP) is 0.374. The van der Waals surface area contributed by atoms with Crippen LogP contribution in [0.2, 0.25) is 0 Å². The van der Waals surface area contributed by atoms with E-state index in [0.717, 1.165) is 17.1 Å². The van der Waals surface area contributed by atoms with Gasteiger partial charge in [-0.25, -0.2) is 8.96 Å². The Bertz CT molecular complexity index is 367. The molecule has 0 saturated carbocycles. The van der Waals surface area contributed by atoms with Gasteiger partial charge in [-0.3, -0.25) is 4.90 Å². The topological polar surface area (TPSA) is 56.6 Å². The van der Waals surface area contributed by atoms with Gasteiger partial charge in [0.15, 0.2) is 0 Å². The van der Waals surface area contributed by atoms with Crippen LogP contribution >= 0.6 is 0 Å². The highest BCUT2D eigenvalue weighted by atomic mass is 32.2. The molecule has 104 valence electrons. The molecule has 1 aromatic rings. The Kier molecular flexibility index (Phi) is 7.02. The van der Waals surface area contributed by atoms with E-state index in [9.17, 15) is 8.09 Å². The smallest absolute Gasteiger partial charge is 0.309 e. The molecule has 1 aromatic heterocycles. The standard InChI is InChI=1S/C10H18FN3O3S/c1-16-5-3-13(4-6-17-2)7-10-8-14(9-12-10)18(11)15/h8-9H,3-7H2,1-2H3. The van der Waals surface area contributed by atoms with Crippen LogP contribution in [0.3, 0.4) is 0 Å². The molecule has 0 spiro atoms. The molecule has 1 atom stereocenters. The van der Waals surface area contributed by atoms with E-state index >= 15 is 0 Å². The Labute approximate surface area is 109 Å². The van der Waals surface area contributed by atoms with Gasteiger partial charge in [0.25, 0.3) is 0 Å². The van der Waals surface area contributed by atoms with Gasteiger partial charge in [0.2, 0.25) is 0 Å². The van der Waals surface area contributed by atoms with Gasteiger partial charge >= 0.3 is 11.4 Å². The molecular weight excluding hydrogens is 261 g/mol. The number of methoxy groups -OCH3 is 2. The maximum absolute atomic E-state index is 12.5. The second-order valence-electron chi connectivity index (χ2n) is 3.69. The zero-order valence-electron chi connectivity index (χ0n) is 10.5. The van der Waals surface area contributed by atoms with E-state index in [2.05, 4.69) is 9.88 Å². The predicted molar refractivity (Wildman–Crippen MR) is 65.9 cm³/mol. The number of imidazole rings is 1. The van der Waals surface area contributed by atoms with Gasteiger partial charge < -0.3 is 9.47 Å². The van der Waals surface area contributed by atoms with Crippen molar-refractivity contribution >= 4 is 11.4 Å². The van der Waals surface area contributed by atoms with Gasteiger partial charge in [-0.05, 0) is 0 Å². The summed E-state index contributed by atoms with van der Waals surface area (Å²) in [5.41, 5.74) is 0.660. The van der Waals surface area contributed by atoms with E-state index in [1.54, 1.807) is 14.2 Å². The van der Waals surface area contributed by atoms with Crippen LogP contribution < -0.4 is 0 Å². The third kappa shape index (κ3) is 5.21. The summed E-state index contributed by atoms with van der Waals surface area (Å²) in [6.07, 6.45) is 2.65. The average molecular weight is 279 g/mol. The summed E-state index contributed by atoms with van der Waals surface area (Å²) in [7, 11) is 3.27. The maximum atomic E-state index is 12.5. The molecule has 0 fully saturated rings. The van der Waals surface area contributed by atoms with E-state index in [1.165, 1.54) is 12.5 Å². The van der Waals surface area contributed by atoms with Crippen LogP contribution in [-0.2, 0) is 27.4 Å². The molecular formula is C10H18FN3O3S. The van der Waals surface area contributed by atoms with Gasteiger partial charge in [0.1, 0.15) is 6.33 Å². The Morgan fingerprint density at radius 2 is 2.00 bits per heavy atom. The quantitative estimate of drug-likeness (QED) is 0.611. The zero-order valence-corrected chi connectivity index (χ0v) is 11.4. The van der Waals surface area contributed by atoms with Crippen LogP contribution in [0.1, 0.15) is 5.69 Å². The molecule has 0 radical (unpaired) electrons. The van der Waals surface area contributed by atoms with Gasteiger partial charge in [-0.1, -0.05) is 0 Å². The first-order valence-electron chi connectivity index (χ1n) is 5.49. The lowest BCUT2D eigenvalue weighted by atomic mass is 10.4. The molecule has 1 heterocycles. The number of nitrogens with zero attached hydrogens (tertiary/aromatic N) is 3. The molecule has 1 rings (SSSR count). The highest BCUT2D eigenvalue weighted by molar-refractivity contribution is 7.78. The number of ether oxygens (including phenoxy) is 2. The number of hydrogen-bond acceptors (Lipinski definition) is 5. The molecule has 0 aliphatic heterocycles. The van der Waals surface area contributed by atoms with E-state index in [0.29, 0.717) is 25.5 Å². The Morgan fingerprint density at radius 3 is 2.44 bits per heavy atom. The van der Waals surface area contributed by atoms with Crippen LogP contribution in [0.5, 0.6) is 0 Å². The van der Waals surface area contributed by atoms with Crippen LogP contribution in [-0.4, -0.2) is 58.6 Å². The van der Waals surface area contributed by atoms with Crippen molar-refractivity contribution in [1.82, 2.24) is 13.9 Å². The number of rotatable bonds is 9. The largest absolute Gasteiger partial charge is 0.383 e. The molecule has 0 N–H and O–H groups in total. The van der Waals surface area contributed by atoms with Crippen LogP contribution in [0, 0.1) is 0 Å². The van der Waals surface area contributed by atoms with Crippen LogP contribution in [0.4, 0.5) is 3.89 Å². The molecule has 0 aliphatic carbocycles. The third-order valence-corrected chi connectivity index (χ3v) is 2.92. The third-order valence-electron chi connectivity index (χ3n) is 2.39. The van der Waals surface area contributed by atoms with Crippen molar-refractivity contribution < 1.29 is 17.6 Å². The maximum Gasteiger partial charge on any atom is 0.309 e. The summed E-state index contributed by atoms with van der Waals surface area (Å²) in [5.74, 6) is 0. The van der Waals surface area contributed by atoms with Crippen LogP contribution in [0.25, 0.3) is 0 Å². The molecule has 0 aromatic carbocycles. The Hall–Kier alpha value is -0.830. The summed E-state index contributed by atoms with van der Waals surface area (Å²) >= 11 is -2.55. The second kappa shape index (κ2) is 8.30. The molecule has 1 unspecified atom stereocenters. The lowest BCUT2D eigenvalue weighted by Gasteiger charge is -2.20.